The van der Waals surface area contributed by atoms with E-state index in [-0.39, 0.29) is 11.3 Å². The quantitative estimate of drug-likeness (QED) is 0.537. The number of carbonyl (C=O) groups excluding carboxylic acids is 1. The average Bonchev–Trinajstić information content (AvgIpc) is 2.15. The van der Waals surface area contributed by atoms with Crippen molar-refractivity contribution in [1.29, 1.82) is 0 Å². The molecule has 0 aromatic carbocycles. The molecular formula is C6H5FO2. The molecule has 0 aliphatic heterocycles. The zero-order valence-electron chi connectivity index (χ0n) is 4.85. The molecule has 48 valence electrons. The van der Waals surface area contributed by atoms with Gasteiger partial charge in [-0.15, -0.1) is 0 Å². The highest BCUT2D eigenvalue weighted by molar-refractivity contribution is 5.74. The number of hydrogen-bond acceptors (Lipinski definition) is 2. The van der Waals surface area contributed by atoms with Crippen molar-refractivity contribution < 1.29 is 13.6 Å². The maximum atomic E-state index is 12.4. The maximum Gasteiger partial charge on any atom is 0.174 e. The summed E-state index contributed by atoms with van der Waals surface area (Å²) in [5.41, 5.74) is -0.0208. The van der Waals surface area contributed by atoms with Gasteiger partial charge in [0.2, 0.25) is 0 Å². The van der Waals surface area contributed by atoms with E-state index in [1.807, 2.05) is 0 Å². The third-order valence-corrected chi connectivity index (χ3v) is 1.05. The van der Waals surface area contributed by atoms with Crippen LogP contribution >= 0.6 is 0 Å². The molecule has 0 aliphatic carbocycles. The van der Waals surface area contributed by atoms with Gasteiger partial charge in [0.1, 0.15) is 12.0 Å². The molecule has 0 radical (unpaired) electrons. The fourth-order valence-electron chi connectivity index (χ4n) is 0.538. The van der Waals surface area contributed by atoms with E-state index in [4.69, 9.17) is 0 Å². The highest BCUT2D eigenvalue weighted by Crippen LogP contribution is 2.10. The van der Waals surface area contributed by atoms with E-state index in [0.717, 1.165) is 6.26 Å². The Morgan fingerprint density at radius 1 is 1.78 bits per heavy atom. The molecule has 0 atom stereocenters. The molecule has 1 aromatic heterocycles. The van der Waals surface area contributed by atoms with Gasteiger partial charge in [-0.25, -0.2) is 4.39 Å². The molecule has 0 fully saturated rings. The van der Waals surface area contributed by atoms with Crippen molar-refractivity contribution in [3.8, 4) is 0 Å². The molecule has 0 unspecified atom stereocenters. The molecule has 0 saturated carbocycles. The Hall–Kier alpha value is -1.12. The van der Waals surface area contributed by atoms with Gasteiger partial charge in [0.05, 0.1) is 5.56 Å². The second-order valence-corrected chi connectivity index (χ2v) is 1.68. The number of halogens is 1. The number of furan rings is 1. The van der Waals surface area contributed by atoms with Gasteiger partial charge in [-0.05, 0) is 6.92 Å². The van der Waals surface area contributed by atoms with Gasteiger partial charge in [-0.3, -0.25) is 4.79 Å². The first-order chi connectivity index (χ1) is 4.25. The van der Waals surface area contributed by atoms with E-state index in [1.165, 1.54) is 6.92 Å². The molecule has 9 heavy (non-hydrogen) atoms. The number of aldehydes is 1. The van der Waals surface area contributed by atoms with Crippen molar-refractivity contribution in [2.24, 2.45) is 0 Å². The van der Waals surface area contributed by atoms with Crippen LogP contribution < -0.4 is 0 Å². The highest BCUT2D eigenvalue weighted by atomic mass is 19.1. The van der Waals surface area contributed by atoms with Gasteiger partial charge in [-0.1, -0.05) is 0 Å². The first kappa shape index (κ1) is 6.01. The van der Waals surface area contributed by atoms with Gasteiger partial charge >= 0.3 is 0 Å². The first-order valence-electron chi connectivity index (χ1n) is 2.44. The molecule has 0 spiro atoms. The van der Waals surface area contributed by atoms with Crippen LogP contribution in [-0.4, -0.2) is 6.29 Å². The molecule has 0 N–H and O–H groups in total. The summed E-state index contributed by atoms with van der Waals surface area (Å²) in [6.45, 7) is 1.46. The lowest BCUT2D eigenvalue weighted by atomic mass is 10.3. The molecular weight excluding hydrogens is 123 g/mol. The normalized spacial score (nSPS) is 9.56. The molecule has 0 bridgehead atoms. The summed E-state index contributed by atoms with van der Waals surface area (Å²) < 4.78 is 17.0. The summed E-state index contributed by atoms with van der Waals surface area (Å²) in [6.07, 6.45) is 1.52. The van der Waals surface area contributed by atoms with E-state index in [9.17, 15) is 9.18 Å². The summed E-state index contributed by atoms with van der Waals surface area (Å²) in [6, 6.07) is 0. The third-order valence-electron chi connectivity index (χ3n) is 1.05. The summed E-state index contributed by atoms with van der Waals surface area (Å²) in [5.74, 6) is -0.415. The van der Waals surface area contributed by atoms with Gasteiger partial charge < -0.3 is 4.42 Å². The minimum atomic E-state index is -0.565. The van der Waals surface area contributed by atoms with Gasteiger partial charge in [0, 0.05) is 0 Å². The number of aryl methyl sites for hydroxylation is 1. The Bertz CT molecular complexity index is 227. The molecule has 2 nitrogen and oxygen atoms in total. The lowest BCUT2D eigenvalue weighted by Gasteiger charge is -1.78. The zero-order valence-corrected chi connectivity index (χ0v) is 4.85. The summed E-state index contributed by atoms with van der Waals surface area (Å²) in [7, 11) is 0. The number of rotatable bonds is 1. The molecule has 1 aromatic rings. The van der Waals surface area contributed by atoms with E-state index < -0.39 is 5.82 Å². The van der Waals surface area contributed by atoms with Crippen LogP contribution in [0.15, 0.2) is 10.7 Å². The van der Waals surface area contributed by atoms with Crippen LogP contribution in [-0.2, 0) is 0 Å². The van der Waals surface area contributed by atoms with Crippen LogP contribution in [0.25, 0.3) is 0 Å². The van der Waals surface area contributed by atoms with Crippen LogP contribution in [0.2, 0.25) is 0 Å². The smallest absolute Gasteiger partial charge is 0.174 e. The Kier molecular flexibility index (Phi) is 1.34. The Balaban J connectivity index is 3.18. The summed E-state index contributed by atoms with van der Waals surface area (Å²) in [4.78, 5) is 9.94. The second-order valence-electron chi connectivity index (χ2n) is 1.68. The van der Waals surface area contributed by atoms with E-state index >= 15 is 0 Å². The first-order valence-corrected chi connectivity index (χ1v) is 2.44. The minimum Gasteiger partial charge on any atom is -0.466 e. The standard InChI is InChI=1S/C6H5FO2/c1-4-6(7)5(2-8)3-9-4/h2-3H,1H3. The molecule has 0 amide bonds. The largest absolute Gasteiger partial charge is 0.466 e. The average molecular weight is 128 g/mol. The van der Waals surface area contributed by atoms with E-state index in [1.54, 1.807) is 0 Å². The SMILES string of the molecule is Cc1occ(C=O)c1F. The van der Waals surface area contributed by atoms with Crippen molar-refractivity contribution in [2.75, 3.05) is 0 Å². The lowest BCUT2D eigenvalue weighted by molar-refractivity contribution is 0.111. The van der Waals surface area contributed by atoms with Gasteiger partial charge in [0.15, 0.2) is 12.1 Å². The fourth-order valence-corrected chi connectivity index (χ4v) is 0.538. The highest BCUT2D eigenvalue weighted by Gasteiger charge is 2.06. The molecule has 0 aliphatic rings. The molecule has 1 heterocycles. The van der Waals surface area contributed by atoms with Crippen molar-refractivity contribution in [3.05, 3.63) is 23.4 Å². The van der Waals surface area contributed by atoms with Gasteiger partial charge in [-0.2, -0.15) is 0 Å². The minimum absolute atomic E-state index is 0.0208. The van der Waals surface area contributed by atoms with E-state index in [2.05, 4.69) is 4.42 Å². The number of hydrogen-bond donors (Lipinski definition) is 0. The van der Waals surface area contributed by atoms with Crippen LogP contribution in [0.5, 0.6) is 0 Å². The monoisotopic (exact) mass is 128 g/mol. The topological polar surface area (TPSA) is 30.2 Å². The Morgan fingerprint density at radius 2 is 2.44 bits per heavy atom. The van der Waals surface area contributed by atoms with Crippen LogP contribution in [0, 0.1) is 12.7 Å². The van der Waals surface area contributed by atoms with Crippen LogP contribution in [0.1, 0.15) is 16.1 Å². The van der Waals surface area contributed by atoms with Crippen molar-refractivity contribution in [1.82, 2.24) is 0 Å². The Morgan fingerprint density at radius 3 is 2.67 bits per heavy atom. The summed E-state index contributed by atoms with van der Waals surface area (Å²) >= 11 is 0. The lowest BCUT2D eigenvalue weighted by Crippen LogP contribution is -1.79. The summed E-state index contributed by atoms with van der Waals surface area (Å²) in [5, 5.41) is 0. The zero-order chi connectivity index (χ0) is 6.85. The van der Waals surface area contributed by atoms with Crippen molar-refractivity contribution in [3.63, 3.8) is 0 Å². The van der Waals surface area contributed by atoms with Crippen molar-refractivity contribution >= 4 is 6.29 Å². The molecule has 3 heteroatoms. The Labute approximate surface area is 51.3 Å². The molecule has 1 rings (SSSR count). The van der Waals surface area contributed by atoms with Gasteiger partial charge in [0.25, 0.3) is 0 Å². The van der Waals surface area contributed by atoms with Crippen LogP contribution in [0.3, 0.4) is 0 Å². The predicted molar refractivity (Wildman–Crippen MR) is 28.8 cm³/mol. The maximum absolute atomic E-state index is 12.4. The van der Waals surface area contributed by atoms with E-state index in [0.29, 0.717) is 6.29 Å². The van der Waals surface area contributed by atoms with Crippen molar-refractivity contribution in [2.45, 2.75) is 6.92 Å². The fraction of sp³-hybridized carbons (Fsp3) is 0.167. The third kappa shape index (κ3) is 0.850. The van der Waals surface area contributed by atoms with Crippen LogP contribution in [0.4, 0.5) is 4.39 Å². The number of carbonyl (C=O) groups is 1. The predicted octanol–water partition coefficient (Wildman–Crippen LogP) is 1.54. The second kappa shape index (κ2) is 2.01. The molecule has 0 saturated heterocycles.